The number of benzene rings is 1. The van der Waals surface area contributed by atoms with Crippen molar-refractivity contribution in [1.29, 1.82) is 0 Å². The lowest BCUT2D eigenvalue weighted by atomic mass is 9.90. The molecule has 2 N–H and O–H groups in total. The van der Waals surface area contributed by atoms with E-state index in [9.17, 15) is 9.90 Å². The molecule has 1 aliphatic carbocycles. The largest absolute Gasteiger partial charge is 0.477 e. The first kappa shape index (κ1) is 20.6. The summed E-state index contributed by atoms with van der Waals surface area (Å²) >= 11 is 5.95. The maximum Gasteiger partial charge on any atom is 0.354 e. The van der Waals surface area contributed by atoms with Gasteiger partial charge < -0.3 is 10.4 Å². The summed E-state index contributed by atoms with van der Waals surface area (Å²) in [5, 5.41) is 18.7. The maximum atomic E-state index is 11.9. The van der Waals surface area contributed by atoms with Crippen molar-refractivity contribution in [2.24, 2.45) is 0 Å². The topological polar surface area (TPSA) is 80.0 Å². The van der Waals surface area contributed by atoms with Crippen LogP contribution in [0.15, 0.2) is 42.7 Å². The molecule has 1 unspecified atom stereocenters. The Bertz CT molecular complexity index is 1050. The zero-order valence-corrected chi connectivity index (χ0v) is 17.7. The van der Waals surface area contributed by atoms with E-state index in [1.807, 2.05) is 24.4 Å². The third-order valence-electron chi connectivity index (χ3n) is 5.67. The van der Waals surface area contributed by atoms with Crippen molar-refractivity contribution in [3.05, 3.63) is 70.1 Å². The second-order valence-electron chi connectivity index (χ2n) is 7.75. The van der Waals surface area contributed by atoms with E-state index >= 15 is 0 Å². The second kappa shape index (κ2) is 8.98. The summed E-state index contributed by atoms with van der Waals surface area (Å²) in [6.45, 7) is 4.38. The fourth-order valence-corrected chi connectivity index (χ4v) is 4.18. The molecule has 156 valence electrons. The quantitative estimate of drug-likeness (QED) is 0.530. The molecule has 0 amide bonds. The summed E-state index contributed by atoms with van der Waals surface area (Å²) in [5.41, 5.74) is 5.33. The number of nitrogens with zero attached hydrogens (tertiary/aromatic N) is 3. The number of carboxylic acids is 1. The Morgan fingerprint density at radius 1 is 1.27 bits per heavy atom. The van der Waals surface area contributed by atoms with E-state index in [2.05, 4.69) is 34.5 Å². The smallest absolute Gasteiger partial charge is 0.354 e. The van der Waals surface area contributed by atoms with Crippen LogP contribution in [0, 0.1) is 0 Å². The highest BCUT2D eigenvalue weighted by molar-refractivity contribution is 6.30. The summed E-state index contributed by atoms with van der Waals surface area (Å²) < 4.78 is 1.66. The molecular weight excluding hydrogens is 400 g/mol. The summed E-state index contributed by atoms with van der Waals surface area (Å²) in [4.78, 5) is 16.1. The summed E-state index contributed by atoms with van der Waals surface area (Å²) in [6.07, 6.45) is 5.87. The number of pyridine rings is 1. The van der Waals surface area contributed by atoms with Gasteiger partial charge in [-0.2, -0.15) is 5.10 Å². The van der Waals surface area contributed by atoms with Gasteiger partial charge in [0.25, 0.3) is 0 Å². The SMILES string of the molecule is CC(CNCCCn1nc2c(c1C(=O)O)CCc1cnccc1-2)c1ccc(Cl)cc1. The van der Waals surface area contributed by atoms with Crippen LogP contribution in [-0.2, 0) is 19.4 Å². The minimum absolute atomic E-state index is 0.321. The molecule has 2 aromatic heterocycles. The first-order valence-corrected chi connectivity index (χ1v) is 10.6. The predicted molar refractivity (Wildman–Crippen MR) is 117 cm³/mol. The molecule has 7 heteroatoms. The Kier molecular flexibility index (Phi) is 6.16. The van der Waals surface area contributed by atoms with E-state index in [4.69, 9.17) is 11.6 Å². The third kappa shape index (κ3) is 4.25. The van der Waals surface area contributed by atoms with Gasteiger partial charge in [-0.3, -0.25) is 9.67 Å². The van der Waals surface area contributed by atoms with Crippen LogP contribution in [0.1, 0.15) is 46.4 Å². The first-order chi connectivity index (χ1) is 14.5. The van der Waals surface area contributed by atoms with Crippen molar-refractivity contribution < 1.29 is 9.90 Å². The van der Waals surface area contributed by atoms with Crippen molar-refractivity contribution in [3.63, 3.8) is 0 Å². The highest BCUT2D eigenvalue weighted by Gasteiger charge is 2.27. The van der Waals surface area contributed by atoms with Crippen LogP contribution < -0.4 is 5.32 Å². The van der Waals surface area contributed by atoms with Gasteiger partial charge >= 0.3 is 5.97 Å². The molecule has 1 aliphatic rings. The monoisotopic (exact) mass is 424 g/mol. The number of halogens is 1. The molecule has 1 aromatic carbocycles. The molecule has 1 atom stereocenters. The van der Waals surface area contributed by atoms with Gasteiger partial charge in [-0.15, -0.1) is 0 Å². The highest BCUT2D eigenvalue weighted by Crippen LogP contribution is 2.34. The van der Waals surface area contributed by atoms with Gasteiger partial charge in [0.2, 0.25) is 0 Å². The van der Waals surface area contributed by atoms with Crippen molar-refractivity contribution in [2.75, 3.05) is 13.1 Å². The number of hydrogen-bond acceptors (Lipinski definition) is 4. The number of carbonyl (C=O) groups is 1. The predicted octanol–water partition coefficient (Wildman–Crippen LogP) is 4.18. The molecule has 0 fully saturated rings. The van der Waals surface area contributed by atoms with E-state index < -0.39 is 5.97 Å². The standard InChI is InChI=1S/C23H25ClN4O2/c1-15(16-3-6-18(24)7-4-16)13-25-10-2-12-28-22(23(29)30)20-8-5-17-14-26-11-9-19(17)21(20)27-28/h3-4,6-7,9,11,14-15,25H,2,5,8,10,12-13H2,1H3,(H,29,30). The number of aromatic nitrogens is 3. The van der Waals surface area contributed by atoms with Gasteiger partial charge in [0.15, 0.2) is 0 Å². The van der Waals surface area contributed by atoms with E-state index in [0.29, 0.717) is 24.6 Å². The Balaban J connectivity index is 1.38. The maximum absolute atomic E-state index is 11.9. The molecular formula is C23H25ClN4O2. The molecule has 6 nitrogen and oxygen atoms in total. The lowest BCUT2D eigenvalue weighted by molar-refractivity contribution is 0.0681. The Labute approximate surface area is 180 Å². The Hall–Kier alpha value is -2.70. The van der Waals surface area contributed by atoms with Crippen molar-refractivity contribution in [3.8, 4) is 11.3 Å². The van der Waals surface area contributed by atoms with Gasteiger partial charge in [0.05, 0.1) is 5.69 Å². The molecule has 30 heavy (non-hydrogen) atoms. The molecule has 0 saturated heterocycles. The summed E-state index contributed by atoms with van der Waals surface area (Å²) in [6, 6.07) is 9.85. The van der Waals surface area contributed by atoms with Crippen LogP contribution in [0.4, 0.5) is 0 Å². The van der Waals surface area contributed by atoms with Crippen LogP contribution in [0.3, 0.4) is 0 Å². The molecule has 0 bridgehead atoms. The number of fused-ring (bicyclic) bond motifs is 3. The normalized spacial score (nSPS) is 13.5. The Morgan fingerprint density at radius 3 is 2.83 bits per heavy atom. The van der Waals surface area contributed by atoms with E-state index in [-0.39, 0.29) is 0 Å². The van der Waals surface area contributed by atoms with Crippen LogP contribution in [-0.4, -0.2) is 38.9 Å². The molecule has 0 radical (unpaired) electrons. The van der Waals surface area contributed by atoms with Gasteiger partial charge in [0, 0.05) is 41.6 Å². The average Bonchev–Trinajstić information content (AvgIpc) is 3.13. The third-order valence-corrected chi connectivity index (χ3v) is 5.92. The molecule has 0 spiro atoms. The number of hydrogen-bond donors (Lipinski definition) is 2. The van der Waals surface area contributed by atoms with Crippen LogP contribution in [0.2, 0.25) is 5.02 Å². The fraction of sp³-hybridized carbons (Fsp3) is 0.348. The zero-order chi connectivity index (χ0) is 21.1. The molecule has 3 aromatic rings. The lowest BCUT2D eigenvalue weighted by Crippen LogP contribution is -2.23. The van der Waals surface area contributed by atoms with Gasteiger partial charge in [0.1, 0.15) is 5.69 Å². The lowest BCUT2D eigenvalue weighted by Gasteiger charge is -2.14. The van der Waals surface area contributed by atoms with Gasteiger partial charge in [-0.25, -0.2) is 4.79 Å². The van der Waals surface area contributed by atoms with Crippen LogP contribution in [0.25, 0.3) is 11.3 Å². The van der Waals surface area contributed by atoms with Crippen LogP contribution in [0.5, 0.6) is 0 Å². The van der Waals surface area contributed by atoms with E-state index in [1.54, 1.807) is 10.9 Å². The highest BCUT2D eigenvalue weighted by atomic mass is 35.5. The minimum atomic E-state index is -0.912. The first-order valence-electron chi connectivity index (χ1n) is 10.3. The number of rotatable bonds is 8. The molecule has 0 saturated carbocycles. The van der Waals surface area contributed by atoms with E-state index in [1.165, 1.54) is 5.56 Å². The van der Waals surface area contributed by atoms with Crippen molar-refractivity contribution >= 4 is 17.6 Å². The fourth-order valence-electron chi connectivity index (χ4n) is 4.05. The van der Waals surface area contributed by atoms with E-state index in [0.717, 1.165) is 53.3 Å². The number of aromatic carboxylic acids is 1. The number of aryl methyl sites for hydroxylation is 2. The van der Waals surface area contributed by atoms with Crippen LogP contribution >= 0.6 is 11.6 Å². The number of nitrogens with one attached hydrogen (secondary N) is 1. The molecule has 2 heterocycles. The van der Waals surface area contributed by atoms with Crippen molar-refractivity contribution in [1.82, 2.24) is 20.1 Å². The Morgan fingerprint density at radius 2 is 2.07 bits per heavy atom. The van der Waals surface area contributed by atoms with Crippen molar-refractivity contribution in [2.45, 2.75) is 38.6 Å². The van der Waals surface area contributed by atoms with Gasteiger partial charge in [-0.1, -0.05) is 30.7 Å². The zero-order valence-electron chi connectivity index (χ0n) is 16.9. The molecule has 0 aliphatic heterocycles. The molecule has 4 rings (SSSR count). The minimum Gasteiger partial charge on any atom is -0.477 e. The average molecular weight is 425 g/mol. The number of carboxylic acid groups (broad SMARTS) is 1. The van der Waals surface area contributed by atoms with Gasteiger partial charge in [-0.05, 0) is 61.1 Å². The second-order valence-corrected chi connectivity index (χ2v) is 8.18. The summed E-state index contributed by atoms with van der Waals surface area (Å²) in [5.74, 6) is -0.537. The summed E-state index contributed by atoms with van der Waals surface area (Å²) in [7, 11) is 0.